The number of para-hydroxylation sites is 1. The Morgan fingerprint density at radius 3 is 2.33 bits per heavy atom. The van der Waals surface area contributed by atoms with Gasteiger partial charge in [0, 0.05) is 15.6 Å². The van der Waals surface area contributed by atoms with E-state index in [1.165, 1.54) is 18.2 Å². The summed E-state index contributed by atoms with van der Waals surface area (Å²) in [4.78, 5) is 14.5. The van der Waals surface area contributed by atoms with Gasteiger partial charge >= 0.3 is 0 Å². The average molecular weight is 529 g/mol. The number of halogens is 1. The molecule has 0 atom stereocenters. The number of hydrogen-bond donors (Lipinski definition) is 2. The van der Waals surface area contributed by atoms with Crippen LogP contribution in [0.5, 0.6) is 5.75 Å². The molecule has 0 saturated heterocycles. The predicted molar refractivity (Wildman–Crippen MR) is 124 cm³/mol. The molecular weight excluding hydrogens is 512 g/mol. The maximum absolute atomic E-state index is 12.4. The van der Waals surface area contributed by atoms with E-state index in [1.54, 1.807) is 49.6 Å². The molecule has 0 unspecified atom stereocenters. The van der Waals surface area contributed by atoms with Gasteiger partial charge in [-0.1, -0.05) is 24.3 Å². The van der Waals surface area contributed by atoms with Crippen LogP contribution in [0, 0.1) is 0 Å². The molecule has 4 rings (SSSR count). The fourth-order valence-corrected chi connectivity index (χ4v) is 4.78. The number of methoxy groups -OCH3 is 1. The van der Waals surface area contributed by atoms with Crippen LogP contribution in [-0.2, 0) is 10.0 Å². The Kier molecular flexibility index (Phi) is 6.54. The van der Waals surface area contributed by atoms with Crippen molar-refractivity contribution in [3.05, 3.63) is 82.8 Å². The van der Waals surface area contributed by atoms with Gasteiger partial charge in [-0.3, -0.25) is 10.2 Å². The third-order valence-corrected chi connectivity index (χ3v) is 6.84. The summed E-state index contributed by atoms with van der Waals surface area (Å²) in [6, 6.07) is 19.8. The lowest BCUT2D eigenvalue weighted by Crippen LogP contribution is -2.41. The van der Waals surface area contributed by atoms with Crippen LogP contribution in [-0.4, -0.2) is 31.6 Å². The number of hydrogen-bond acceptors (Lipinski definition) is 7. The Bertz CT molecular complexity index is 1400. The average Bonchev–Trinajstić information content (AvgIpc) is 3.33. The van der Waals surface area contributed by atoms with Gasteiger partial charge in [0.05, 0.1) is 17.6 Å². The van der Waals surface area contributed by atoms with Crippen LogP contribution in [0.4, 0.5) is 0 Å². The Labute approximate surface area is 198 Å². The molecule has 1 amide bonds. The third-order valence-electron chi connectivity index (χ3n) is 4.58. The van der Waals surface area contributed by atoms with E-state index >= 15 is 0 Å². The van der Waals surface area contributed by atoms with Crippen molar-refractivity contribution >= 4 is 31.9 Å². The molecule has 11 heteroatoms. The number of amides is 1. The summed E-state index contributed by atoms with van der Waals surface area (Å²) >= 11 is 3.18. The van der Waals surface area contributed by atoms with Gasteiger partial charge in [0.2, 0.25) is 5.89 Å². The number of carbonyl (C=O) groups is 1. The minimum absolute atomic E-state index is 0.00268. The van der Waals surface area contributed by atoms with Crippen LogP contribution in [0.3, 0.4) is 0 Å². The van der Waals surface area contributed by atoms with Crippen LogP contribution in [0.25, 0.3) is 22.9 Å². The topological polar surface area (TPSA) is 123 Å². The second-order valence-electron chi connectivity index (χ2n) is 6.68. The molecule has 1 heterocycles. The molecule has 3 aromatic carbocycles. The molecule has 0 aliphatic rings. The molecule has 0 bridgehead atoms. The molecule has 0 radical (unpaired) electrons. The minimum Gasteiger partial charge on any atom is -0.496 e. The number of sulfonamides is 1. The number of carbonyl (C=O) groups excluding carboxylic acids is 1. The van der Waals surface area contributed by atoms with E-state index < -0.39 is 15.9 Å². The van der Waals surface area contributed by atoms with Crippen LogP contribution < -0.4 is 15.0 Å². The van der Waals surface area contributed by atoms with Crippen molar-refractivity contribution in [3.63, 3.8) is 0 Å². The van der Waals surface area contributed by atoms with Gasteiger partial charge < -0.3 is 9.15 Å². The van der Waals surface area contributed by atoms with Crippen molar-refractivity contribution in [1.29, 1.82) is 0 Å². The van der Waals surface area contributed by atoms with Gasteiger partial charge in [-0.15, -0.1) is 15.0 Å². The molecule has 33 heavy (non-hydrogen) atoms. The quantitative estimate of drug-likeness (QED) is 0.349. The van der Waals surface area contributed by atoms with Gasteiger partial charge in [-0.25, -0.2) is 8.42 Å². The van der Waals surface area contributed by atoms with Crippen LogP contribution >= 0.6 is 15.9 Å². The lowest BCUT2D eigenvalue weighted by molar-refractivity contribution is 0.0945. The van der Waals surface area contributed by atoms with Crippen LogP contribution in [0.2, 0.25) is 0 Å². The molecule has 0 spiro atoms. The molecule has 1 aromatic heterocycles. The molecular formula is C22H17BrN4O5S. The molecule has 2 N–H and O–H groups in total. The number of aromatic nitrogens is 2. The lowest BCUT2D eigenvalue weighted by Gasteiger charge is -2.09. The van der Waals surface area contributed by atoms with Crippen LogP contribution in [0.15, 0.2) is 86.6 Å². The molecule has 0 fully saturated rings. The molecule has 0 aliphatic carbocycles. The zero-order chi connectivity index (χ0) is 23.4. The first-order valence-electron chi connectivity index (χ1n) is 9.53. The Hall–Kier alpha value is -3.54. The van der Waals surface area contributed by atoms with E-state index in [1.807, 2.05) is 12.1 Å². The standard InChI is InChI=1S/C22H17BrN4O5S/c1-31-18-8-4-2-6-16(18)22-26-25-21(32-22)15-12-10-14(11-13-15)20(28)24-27-33(29,30)19-9-5-3-7-17(19)23/h2-13,27H,1H3,(H,24,28). The zero-order valence-electron chi connectivity index (χ0n) is 17.2. The molecule has 168 valence electrons. The Morgan fingerprint density at radius 1 is 0.939 bits per heavy atom. The summed E-state index contributed by atoms with van der Waals surface area (Å²) in [6.45, 7) is 0. The summed E-state index contributed by atoms with van der Waals surface area (Å²) in [5.74, 6) is 0.533. The third kappa shape index (κ3) is 4.95. The van der Waals surface area contributed by atoms with E-state index in [4.69, 9.17) is 9.15 Å². The van der Waals surface area contributed by atoms with Gasteiger partial charge in [-0.05, 0) is 64.5 Å². The van der Waals surface area contributed by atoms with Crippen molar-refractivity contribution in [2.75, 3.05) is 7.11 Å². The first-order chi connectivity index (χ1) is 15.9. The monoisotopic (exact) mass is 528 g/mol. The van der Waals surface area contributed by atoms with Crippen molar-refractivity contribution in [1.82, 2.24) is 20.5 Å². The summed E-state index contributed by atoms with van der Waals surface area (Å²) < 4.78 is 36.2. The second-order valence-corrected chi connectivity index (χ2v) is 9.19. The van der Waals surface area contributed by atoms with E-state index in [0.717, 1.165) is 0 Å². The number of nitrogens with zero attached hydrogens (tertiary/aromatic N) is 2. The SMILES string of the molecule is COc1ccccc1-c1nnc(-c2ccc(C(=O)NNS(=O)(=O)c3ccccc3Br)cc2)o1. The van der Waals surface area contributed by atoms with E-state index in [0.29, 0.717) is 27.2 Å². The van der Waals surface area contributed by atoms with E-state index in [9.17, 15) is 13.2 Å². The highest BCUT2D eigenvalue weighted by Gasteiger charge is 2.19. The number of benzene rings is 3. The largest absolute Gasteiger partial charge is 0.496 e. The first-order valence-corrected chi connectivity index (χ1v) is 11.8. The maximum atomic E-state index is 12.4. The molecule has 4 aromatic rings. The highest BCUT2D eigenvalue weighted by atomic mass is 79.9. The fourth-order valence-electron chi connectivity index (χ4n) is 2.94. The maximum Gasteiger partial charge on any atom is 0.266 e. The van der Waals surface area contributed by atoms with Crippen molar-refractivity contribution < 1.29 is 22.4 Å². The number of ether oxygens (including phenoxy) is 1. The highest BCUT2D eigenvalue weighted by molar-refractivity contribution is 9.10. The van der Waals surface area contributed by atoms with E-state index in [-0.39, 0.29) is 16.3 Å². The predicted octanol–water partition coefficient (Wildman–Crippen LogP) is 3.80. The van der Waals surface area contributed by atoms with Crippen LogP contribution in [0.1, 0.15) is 10.4 Å². The normalized spacial score (nSPS) is 11.2. The van der Waals surface area contributed by atoms with Crippen molar-refractivity contribution in [2.45, 2.75) is 4.90 Å². The number of rotatable bonds is 7. The van der Waals surface area contributed by atoms with Gasteiger partial charge in [-0.2, -0.15) is 0 Å². The first kappa shape index (κ1) is 22.6. The zero-order valence-corrected chi connectivity index (χ0v) is 19.6. The number of hydrazine groups is 1. The molecule has 0 saturated carbocycles. The smallest absolute Gasteiger partial charge is 0.266 e. The Balaban J connectivity index is 1.46. The summed E-state index contributed by atoms with van der Waals surface area (Å²) in [5, 5.41) is 8.12. The minimum atomic E-state index is -3.95. The summed E-state index contributed by atoms with van der Waals surface area (Å²) in [7, 11) is -2.39. The lowest BCUT2D eigenvalue weighted by atomic mass is 10.1. The molecule has 9 nitrogen and oxygen atoms in total. The summed E-state index contributed by atoms with van der Waals surface area (Å²) in [6.07, 6.45) is 0. The number of nitrogens with one attached hydrogen (secondary N) is 2. The van der Waals surface area contributed by atoms with Gasteiger partial charge in [0.25, 0.3) is 21.8 Å². The highest BCUT2D eigenvalue weighted by Crippen LogP contribution is 2.30. The second kappa shape index (κ2) is 9.53. The Morgan fingerprint density at radius 2 is 1.61 bits per heavy atom. The summed E-state index contributed by atoms with van der Waals surface area (Å²) in [5.41, 5.74) is 3.68. The van der Waals surface area contributed by atoms with Crippen molar-refractivity contribution in [3.8, 4) is 28.7 Å². The van der Waals surface area contributed by atoms with Crippen molar-refractivity contribution in [2.24, 2.45) is 0 Å². The van der Waals surface area contributed by atoms with Gasteiger partial charge in [0.1, 0.15) is 5.75 Å². The molecule has 0 aliphatic heterocycles. The fraction of sp³-hybridized carbons (Fsp3) is 0.0455. The van der Waals surface area contributed by atoms with E-state index in [2.05, 4.69) is 36.4 Å². The van der Waals surface area contributed by atoms with Gasteiger partial charge in [0.15, 0.2) is 0 Å².